The van der Waals surface area contributed by atoms with Crippen LogP contribution in [0.25, 0.3) is 11.0 Å². The molecular weight excluding hydrogens is 378 g/mol. The topological polar surface area (TPSA) is 81.8 Å². The molecular formula is C23H23N5O2. The molecule has 0 saturated heterocycles. The zero-order chi connectivity index (χ0) is 21.1. The molecule has 0 aliphatic rings. The maximum absolute atomic E-state index is 12.8. The van der Waals surface area contributed by atoms with Crippen molar-refractivity contribution in [1.29, 1.82) is 0 Å². The molecule has 2 aromatic carbocycles. The Labute approximate surface area is 174 Å². The number of benzene rings is 2. The molecule has 0 fully saturated rings. The maximum Gasteiger partial charge on any atom is 0.264 e. The number of amides is 1. The highest BCUT2D eigenvalue weighted by atomic mass is 16.1. The highest BCUT2D eigenvalue weighted by Gasteiger charge is 2.12. The number of nitrogens with zero attached hydrogens (tertiary/aromatic N) is 4. The van der Waals surface area contributed by atoms with E-state index in [1.165, 1.54) is 5.56 Å². The highest BCUT2D eigenvalue weighted by molar-refractivity contribution is 5.95. The second-order valence-electron chi connectivity index (χ2n) is 7.34. The molecule has 0 radical (unpaired) electrons. The van der Waals surface area contributed by atoms with Gasteiger partial charge in [-0.2, -0.15) is 5.10 Å². The van der Waals surface area contributed by atoms with Gasteiger partial charge < -0.3 is 5.32 Å². The average molecular weight is 401 g/mol. The van der Waals surface area contributed by atoms with Gasteiger partial charge in [-0.05, 0) is 31.0 Å². The number of aryl methyl sites for hydroxylation is 2. The summed E-state index contributed by atoms with van der Waals surface area (Å²) in [6, 6.07) is 15.5. The van der Waals surface area contributed by atoms with Crippen molar-refractivity contribution < 1.29 is 4.79 Å². The Kier molecular flexibility index (Phi) is 5.43. The fourth-order valence-electron chi connectivity index (χ4n) is 3.36. The van der Waals surface area contributed by atoms with E-state index in [9.17, 15) is 9.59 Å². The first-order valence-corrected chi connectivity index (χ1v) is 9.83. The van der Waals surface area contributed by atoms with Crippen molar-refractivity contribution in [3.8, 4) is 0 Å². The molecule has 4 rings (SSSR count). The molecule has 1 N–H and O–H groups in total. The summed E-state index contributed by atoms with van der Waals surface area (Å²) in [6.07, 6.45) is 3.09. The predicted molar refractivity (Wildman–Crippen MR) is 116 cm³/mol. The summed E-state index contributed by atoms with van der Waals surface area (Å²) in [5, 5.41) is 7.66. The van der Waals surface area contributed by atoms with Crippen LogP contribution in [0.1, 0.15) is 27.0 Å². The molecule has 7 nitrogen and oxygen atoms in total. The van der Waals surface area contributed by atoms with Gasteiger partial charge in [-0.1, -0.05) is 48.0 Å². The van der Waals surface area contributed by atoms with Gasteiger partial charge in [0.1, 0.15) is 11.7 Å². The van der Waals surface area contributed by atoms with Gasteiger partial charge in [0.05, 0.1) is 19.3 Å². The van der Waals surface area contributed by atoms with Gasteiger partial charge in [0.2, 0.25) is 0 Å². The normalized spacial score (nSPS) is 11.0. The molecule has 7 heteroatoms. The van der Waals surface area contributed by atoms with Gasteiger partial charge in [-0.3, -0.25) is 14.2 Å². The van der Waals surface area contributed by atoms with Crippen molar-refractivity contribution in [2.75, 3.05) is 6.54 Å². The monoisotopic (exact) mass is 401 g/mol. The summed E-state index contributed by atoms with van der Waals surface area (Å²) in [5.74, 6) is -0.127. The molecule has 30 heavy (non-hydrogen) atoms. The van der Waals surface area contributed by atoms with Crippen LogP contribution in [0.2, 0.25) is 0 Å². The fourth-order valence-corrected chi connectivity index (χ4v) is 3.36. The van der Waals surface area contributed by atoms with Gasteiger partial charge in [0.25, 0.3) is 11.5 Å². The maximum atomic E-state index is 12.8. The van der Waals surface area contributed by atoms with E-state index in [0.717, 1.165) is 11.1 Å². The van der Waals surface area contributed by atoms with Gasteiger partial charge in [-0.15, -0.1) is 0 Å². The zero-order valence-corrected chi connectivity index (χ0v) is 17.0. The minimum Gasteiger partial charge on any atom is -0.350 e. The zero-order valence-electron chi connectivity index (χ0n) is 17.0. The SMILES string of the molecule is Cc1ccc(Cn2cnc3c(cnn3CCNC(=O)c3ccccc3C)c2=O)cc1. The Hall–Kier alpha value is -3.74. The molecule has 152 valence electrons. The van der Waals surface area contributed by atoms with Gasteiger partial charge in [-0.25, -0.2) is 9.67 Å². The number of rotatable bonds is 6. The first kappa shape index (κ1) is 19.6. The number of fused-ring (bicyclic) bond motifs is 1. The second-order valence-corrected chi connectivity index (χ2v) is 7.34. The number of nitrogens with one attached hydrogen (secondary N) is 1. The first-order valence-electron chi connectivity index (χ1n) is 9.83. The van der Waals surface area contributed by atoms with Crippen LogP contribution >= 0.6 is 0 Å². The van der Waals surface area contributed by atoms with Crippen molar-refractivity contribution in [3.05, 3.63) is 93.7 Å². The fraction of sp³-hybridized carbons (Fsp3) is 0.217. The summed E-state index contributed by atoms with van der Waals surface area (Å²) < 4.78 is 3.23. The lowest BCUT2D eigenvalue weighted by molar-refractivity contribution is 0.0951. The summed E-state index contributed by atoms with van der Waals surface area (Å²) in [5.41, 5.74) is 4.18. The lowest BCUT2D eigenvalue weighted by Gasteiger charge is -2.09. The quantitative estimate of drug-likeness (QED) is 0.539. The summed E-state index contributed by atoms with van der Waals surface area (Å²) >= 11 is 0. The molecule has 0 bridgehead atoms. The third-order valence-corrected chi connectivity index (χ3v) is 5.09. The summed E-state index contributed by atoms with van der Waals surface area (Å²) in [7, 11) is 0. The minimum atomic E-state index is -0.129. The van der Waals surface area contributed by atoms with Crippen LogP contribution < -0.4 is 10.9 Å². The third kappa shape index (κ3) is 4.00. The number of carbonyl (C=O) groups is 1. The van der Waals surface area contributed by atoms with Crippen LogP contribution in [-0.4, -0.2) is 31.8 Å². The number of aromatic nitrogens is 4. The number of hydrogen-bond acceptors (Lipinski definition) is 4. The molecule has 1 amide bonds. The van der Waals surface area contributed by atoms with E-state index in [-0.39, 0.29) is 11.5 Å². The van der Waals surface area contributed by atoms with Crippen LogP contribution in [0, 0.1) is 13.8 Å². The van der Waals surface area contributed by atoms with Gasteiger partial charge >= 0.3 is 0 Å². The van der Waals surface area contributed by atoms with E-state index in [2.05, 4.69) is 15.4 Å². The Morgan fingerprint density at radius 1 is 1.07 bits per heavy atom. The van der Waals surface area contributed by atoms with E-state index >= 15 is 0 Å². The molecule has 0 saturated carbocycles. The van der Waals surface area contributed by atoms with E-state index in [0.29, 0.717) is 36.2 Å². The van der Waals surface area contributed by atoms with E-state index in [1.54, 1.807) is 27.8 Å². The summed E-state index contributed by atoms with van der Waals surface area (Å²) in [6.45, 7) is 5.20. The lowest BCUT2D eigenvalue weighted by atomic mass is 10.1. The standard InChI is InChI=1S/C23H23N5O2/c1-16-7-9-18(10-8-16)14-27-15-25-21-20(23(27)30)13-26-28(21)12-11-24-22(29)19-6-4-3-5-17(19)2/h3-10,13,15H,11-12,14H2,1-2H3,(H,24,29). The van der Waals surface area contributed by atoms with Gasteiger partial charge in [0, 0.05) is 12.1 Å². The third-order valence-electron chi connectivity index (χ3n) is 5.09. The van der Waals surface area contributed by atoms with Crippen LogP contribution in [-0.2, 0) is 13.1 Å². The van der Waals surface area contributed by atoms with Crippen LogP contribution in [0.3, 0.4) is 0 Å². The van der Waals surface area contributed by atoms with Crippen molar-refractivity contribution in [2.45, 2.75) is 26.9 Å². The first-order chi connectivity index (χ1) is 14.5. The Balaban J connectivity index is 1.46. The van der Waals surface area contributed by atoms with Gasteiger partial charge in [0.15, 0.2) is 5.65 Å². The minimum absolute atomic E-state index is 0.127. The molecule has 2 heterocycles. The second kappa shape index (κ2) is 8.32. The average Bonchev–Trinajstić information content (AvgIpc) is 3.15. The van der Waals surface area contributed by atoms with E-state index in [4.69, 9.17) is 0 Å². The predicted octanol–water partition coefficient (Wildman–Crippen LogP) is 2.69. The number of carbonyl (C=O) groups excluding carboxylic acids is 1. The van der Waals surface area contributed by atoms with Crippen LogP contribution in [0.5, 0.6) is 0 Å². The Bertz CT molecular complexity index is 1250. The molecule has 0 aliphatic carbocycles. The molecule has 0 aliphatic heterocycles. The molecule has 2 aromatic heterocycles. The molecule has 4 aromatic rings. The smallest absolute Gasteiger partial charge is 0.264 e. The van der Waals surface area contributed by atoms with Crippen LogP contribution in [0.15, 0.2) is 65.8 Å². The largest absolute Gasteiger partial charge is 0.350 e. The molecule has 0 unspecified atom stereocenters. The van der Waals surface area contributed by atoms with Crippen molar-refractivity contribution >= 4 is 16.9 Å². The number of hydrogen-bond donors (Lipinski definition) is 1. The van der Waals surface area contributed by atoms with Crippen molar-refractivity contribution in [2.24, 2.45) is 0 Å². The van der Waals surface area contributed by atoms with Crippen molar-refractivity contribution in [3.63, 3.8) is 0 Å². The Morgan fingerprint density at radius 2 is 1.83 bits per heavy atom. The molecule has 0 spiro atoms. The van der Waals surface area contributed by atoms with Crippen LogP contribution in [0.4, 0.5) is 0 Å². The summed E-state index contributed by atoms with van der Waals surface area (Å²) in [4.78, 5) is 29.6. The van der Waals surface area contributed by atoms with E-state index < -0.39 is 0 Å². The highest BCUT2D eigenvalue weighted by Crippen LogP contribution is 2.09. The van der Waals surface area contributed by atoms with Crippen molar-refractivity contribution in [1.82, 2.24) is 24.6 Å². The van der Waals surface area contributed by atoms with E-state index in [1.807, 2.05) is 56.3 Å². The lowest BCUT2D eigenvalue weighted by Crippen LogP contribution is -2.28. The molecule has 0 atom stereocenters. The Morgan fingerprint density at radius 3 is 2.60 bits per heavy atom.